The Labute approximate surface area is 219 Å². The van der Waals surface area contributed by atoms with Crippen LogP contribution >= 0.6 is 11.3 Å². The second-order valence-corrected chi connectivity index (χ2v) is 9.66. The standard InChI is InChI=1S/C26H29N5O5S/c1-18(2)35-22-15-20(24(32)29-26-27-8-14-37-26)16-23(17-22)36-21-5-3-19(4-6-21)25(33)31-12-10-30(11-13-31)9-7-28-34/h3-6,8,14-18H,7,9-13H2,1-2H3,(H,27,29,32). The van der Waals surface area contributed by atoms with Crippen molar-refractivity contribution in [2.24, 2.45) is 5.18 Å². The highest BCUT2D eigenvalue weighted by atomic mass is 32.1. The van der Waals surface area contributed by atoms with Gasteiger partial charge in [-0.05, 0) is 50.2 Å². The average molecular weight is 524 g/mol. The molecular weight excluding hydrogens is 494 g/mol. The highest BCUT2D eigenvalue weighted by molar-refractivity contribution is 7.13. The van der Waals surface area contributed by atoms with Gasteiger partial charge in [0.25, 0.3) is 11.8 Å². The van der Waals surface area contributed by atoms with Gasteiger partial charge in [0, 0.05) is 61.5 Å². The molecule has 0 unspecified atom stereocenters. The predicted octanol–water partition coefficient (Wildman–Crippen LogP) is 4.50. The Balaban J connectivity index is 1.43. The largest absolute Gasteiger partial charge is 0.491 e. The third-order valence-corrected chi connectivity index (χ3v) is 6.36. The first-order chi connectivity index (χ1) is 17.9. The first-order valence-corrected chi connectivity index (χ1v) is 12.9. The lowest BCUT2D eigenvalue weighted by Crippen LogP contribution is -2.49. The van der Waals surface area contributed by atoms with Crippen LogP contribution < -0.4 is 14.8 Å². The molecule has 194 valence electrons. The van der Waals surface area contributed by atoms with Crippen molar-refractivity contribution in [3.8, 4) is 17.2 Å². The molecule has 4 rings (SSSR count). The highest BCUT2D eigenvalue weighted by Crippen LogP contribution is 2.29. The van der Waals surface area contributed by atoms with Gasteiger partial charge in [-0.15, -0.1) is 11.3 Å². The van der Waals surface area contributed by atoms with E-state index in [1.54, 1.807) is 58.9 Å². The molecule has 0 atom stereocenters. The molecule has 1 fully saturated rings. The summed E-state index contributed by atoms with van der Waals surface area (Å²) in [6.07, 6.45) is 1.54. The lowest BCUT2D eigenvalue weighted by atomic mass is 10.1. The molecule has 2 aromatic carbocycles. The summed E-state index contributed by atoms with van der Waals surface area (Å²) in [6.45, 7) is 7.33. The Morgan fingerprint density at radius 2 is 1.76 bits per heavy atom. The molecule has 1 aromatic heterocycles. The molecule has 10 nitrogen and oxygen atoms in total. The molecule has 2 heterocycles. The van der Waals surface area contributed by atoms with Crippen molar-refractivity contribution in [1.82, 2.24) is 14.8 Å². The van der Waals surface area contributed by atoms with Gasteiger partial charge < -0.3 is 14.4 Å². The van der Waals surface area contributed by atoms with E-state index in [-0.39, 0.29) is 24.5 Å². The number of carbonyl (C=O) groups is 2. The first kappa shape index (κ1) is 26.2. The summed E-state index contributed by atoms with van der Waals surface area (Å²) in [7, 11) is 0. The van der Waals surface area contributed by atoms with Crippen LogP contribution in [0.2, 0.25) is 0 Å². The maximum absolute atomic E-state index is 12.9. The normalized spacial score (nSPS) is 13.9. The molecule has 0 saturated carbocycles. The number of hydrogen-bond acceptors (Lipinski definition) is 9. The van der Waals surface area contributed by atoms with Crippen molar-refractivity contribution in [2.75, 3.05) is 44.6 Å². The summed E-state index contributed by atoms with van der Waals surface area (Å²) >= 11 is 1.33. The van der Waals surface area contributed by atoms with Gasteiger partial charge in [0.15, 0.2) is 5.13 Å². The summed E-state index contributed by atoms with van der Waals surface area (Å²) in [6, 6.07) is 11.9. The molecule has 1 aliphatic heterocycles. The fourth-order valence-electron chi connectivity index (χ4n) is 3.90. The first-order valence-electron chi connectivity index (χ1n) is 12.0. The zero-order valence-electron chi connectivity index (χ0n) is 20.8. The maximum Gasteiger partial charge on any atom is 0.257 e. The number of thiazole rings is 1. The van der Waals surface area contributed by atoms with Gasteiger partial charge in [-0.1, -0.05) is 5.18 Å². The predicted molar refractivity (Wildman–Crippen MR) is 142 cm³/mol. The summed E-state index contributed by atoms with van der Waals surface area (Å²) in [5, 5.41) is 7.95. The lowest BCUT2D eigenvalue weighted by molar-refractivity contribution is 0.0641. The molecule has 3 aromatic rings. The number of benzene rings is 2. The van der Waals surface area contributed by atoms with Crippen LogP contribution in [0.25, 0.3) is 0 Å². The topological polar surface area (TPSA) is 113 Å². The molecule has 37 heavy (non-hydrogen) atoms. The van der Waals surface area contributed by atoms with Gasteiger partial charge in [-0.2, -0.15) is 4.91 Å². The Bertz CT molecular complexity index is 1210. The van der Waals surface area contributed by atoms with Crippen LogP contribution in [-0.2, 0) is 0 Å². The van der Waals surface area contributed by atoms with Crippen molar-refractivity contribution in [3.63, 3.8) is 0 Å². The molecule has 1 saturated heterocycles. The monoisotopic (exact) mass is 523 g/mol. The smallest absolute Gasteiger partial charge is 0.257 e. The van der Waals surface area contributed by atoms with Gasteiger partial charge in [0.05, 0.1) is 12.6 Å². The summed E-state index contributed by atoms with van der Waals surface area (Å²) in [4.78, 5) is 44.1. The second-order valence-electron chi connectivity index (χ2n) is 8.76. The Kier molecular flexibility index (Phi) is 8.81. The minimum Gasteiger partial charge on any atom is -0.491 e. The number of carbonyl (C=O) groups excluding carboxylic acids is 2. The number of nitrogens with one attached hydrogen (secondary N) is 1. The zero-order chi connectivity index (χ0) is 26.2. The van der Waals surface area contributed by atoms with Crippen molar-refractivity contribution >= 4 is 28.3 Å². The van der Waals surface area contributed by atoms with Gasteiger partial charge in [0.2, 0.25) is 0 Å². The summed E-state index contributed by atoms with van der Waals surface area (Å²) in [5.41, 5.74) is 0.939. The minimum absolute atomic E-state index is 0.0480. The van der Waals surface area contributed by atoms with E-state index in [0.29, 0.717) is 53.1 Å². The number of aromatic nitrogens is 1. The molecule has 1 aliphatic rings. The van der Waals surface area contributed by atoms with Gasteiger partial charge >= 0.3 is 0 Å². The molecule has 0 aliphatic carbocycles. The van der Waals surface area contributed by atoms with E-state index >= 15 is 0 Å². The number of ether oxygens (including phenoxy) is 2. The third kappa shape index (κ3) is 7.34. The third-order valence-electron chi connectivity index (χ3n) is 5.67. The average Bonchev–Trinajstić information content (AvgIpc) is 3.40. The van der Waals surface area contributed by atoms with E-state index in [2.05, 4.69) is 20.4 Å². The molecule has 0 bridgehead atoms. The number of amides is 2. The Morgan fingerprint density at radius 1 is 1.03 bits per heavy atom. The minimum atomic E-state index is -0.322. The van der Waals surface area contributed by atoms with Crippen molar-refractivity contribution in [3.05, 3.63) is 70.1 Å². The summed E-state index contributed by atoms with van der Waals surface area (Å²) in [5.74, 6) is 1.09. The molecule has 0 spiro atoms. The van der Waals surface area contributed by atoms with E-state index < -0.39 is 0 Å². The number of piperazine rings is 1. The van der Waals surface area contributed by atoms with Crippen LogP contribution in [0.4, 0.5) is 5.13 Å². The maximum atomic E-state index is 12.9. The zero-order valence-corrected chi connectivity index (χ0v) is 21.6. The molecule has 2 amide bonds. The molecule has 0 radical (unpaired) electrons. The number of nitroso groups, excluding NO2 is 1. The number of rotatable bonds is 10. The SMILES string of the molecule is CC(C)Oc1cc(Oc2ccc(C(=O)N3CCN(CCN=O)CC3)cc2)cc(C(=O)Nc2nccs2)c1. The van der Waals surface area contributed by atoms with Crippen LogP contribution in [0.1, 0.15) is 34.6 Å². The van der Waals surface area contributed by atoms with E-state index in [1.807, 2.05) is 13.8 Å². The van der Waals surface area contributed by atoms with Gasteiger partial charge in [-0.25, -0.2) is 4.98 Å². The molecular formula is C26H29N5O5S. The van der Waals surface area contributed by atoms with E-state index in [4.69, 9.17) is 9.47 Å². The Morgan fingerprint density at radius 3 is 2.41 bits per heavy atom. The van der Waals surface area contributed by atoms with Crippen LogP contribution in [0.3, 0.4) is 0 Å². The lowest BCUT2D eigenvalue weighted by Gasteiger charge is -2.34. The van der Waals surface area contributed by atoms with Gasteiger partial charge in [-0.3, -0.25) is 19.8 Å². The van der Waals surface area contributed by atoms with Crippen molar-refractivity contribution in [1.29, 1.82) is 0 Å². The quantitative estimate of drug-likeness (QED) is 0.389. The van der Waals surface area contributed by atoms with Crippen LogP contribution in [0, 0.1) is 4.91 Å². The second kappa shape index (κ2) is 12.4. The number of anilines is 1. The Hall–Kier alpha value is -3.83. The molecule has 11 heteroatoms. The molecule has 1 N–H and O–H groups in total. The van der Waals surface area contributed by atoms with Crippen molar-refractivity contribution in [2.45, 2.75) is 20.0 Å². The number of nitrogens with zero attached hydrogens (tertiary/aromatic N) is 4. The van der Waals surface area contributed by atoms with E-state index in [9.17, 15) is 14.5 Å². The number of hydrogen-bond donors (Lipinski definition) is 1. The fourth-order valence-corrected chi connectivity index (χ4v) is 4.42. The van der Waals surface area contributed by atoms with Gasteiger partial charge in [0.1, 0.15) is 17.2 Å². The van der Waals surface area contributed by atoms with E-state index in [1.165, 1.54) is 11.3 Å². The van der Waals surface area contributed by atoms with Crippen LogP contribution in [-0.4, -0.2) is 72.0 Å². The van der Waals surface area contributed by atoms with E-state index in [0.717, 1.165) is 13.1 Å². The fraction of sp³-hybridized carbons (Fsp3) is 0.346. The summed E-state index contributed by atoms with van der Waals surface area (Å²) < 4.78 is 11.8. The van der Waals surface area contributed by atoms with Crippen molar-refractivity contribution < 1.29 is 19.1 Å². The highest BCUT2D eigenvalue weighted by Gasteiger charge is 2.22. The van der Waals surface area contributed by atoms with Crippen LogP contribution in [0.15, 0.2) is 59.2 Å². The van der Waals surface area contributed by atoms with Crippen LogP contribution in [0.5, 0.6) is 17.2 Å².